The van der Waals surface area contributed by atoms with Gasteiger partial charge in [0.15, 0.2) is 0 Å². The van der Waals surface area contributed by atoms with Crippen LogP contribution in [0.2, 0.25) is 0 Å². The van der Waals surface area contributed by atoms with Gasteiger partial charge in [-0.3, -0.25) is 14.5 Å². The fourth-order valence-corrected chi connectivity index (χ4v) is 3.78. The molecule has 1 saturated heterocycles. The van der Waals surface area contributed by atoms with E-state index < -0.39 is 0 Å². The van der Waals surface area contributed by atoms with E-state index in [0.717, 1.165) is 47.7 Å². The van der Waals surface area contributed by atoms with E-state index in [9.17, 15) is 4.79 Å². The number of likely N-dealkylation sites (tertiary alicyclic amines) is 1. The molecule has 3 aromatic heterocycles. The van der Waals surface area contributed by atoms with Gasteiger partial charge >= 0.3 is 0 Å². The van der Waals surface area contributed by atoms with E-state index in [1.165, 1.54) is 0 Å². The Morgan fingerprint density at radius 1 is 1.26 bits per heavy atom. The van der Waals surface area contributed by atoms with E-state index in [0.29, 0.717) is 12.2 Å². The number of pyridine rings is 1. The summed E-state index contributed by atoms with van der Waals surface area (Å²) >= 11 is 0. The molecule has 4 heterocycles. The standard InChI is InChI=1S/C20H23N5O2/c1-13-19(14(2)27-23-13)15-6-7-17(21-11-15)16-5-4-9-25(12-16)20(26)18-8-10-24(3)22-18/h6-8,10-11,16H,4-5,9,12H2,1-3H3/t16-/m1/s1. The molecule has 7 nitrogen and oxygen atoms in total. The van der Waals surface area contributed by atoms with Crippen molar-refractivity contribution in [3.8, 4) is 11.1 Å². The molecule has 4 rings (SSSR count). The van der Waals surface area contributed by atoms with E-state index in [2.05, 4.69) is 27.4 Å². The second-order valence-electron chi connectivity index (χ2n) is 7.14. The summed E-state index contributed by atoms with van der Waals surface area (Å²) in [4.78, 5) is 19.3. The quantitative estimate of drug-likeness (QED) is 0.713. The van der Waals surface area contributed by atoms with Crippen LogP contribution in [-0.4, -0.2) is 43.8 Å². The Morgan fingerprint density at radius 2 is 2.11 bits per heavy atom. The number of aryl methyl sites for hydroxylation is 3. The molecule has 0 aliphatic carbocycles. The van der Waals surface area contributed by atoms with Crippen molar-refractivity contribution >= 4 is 5.91 Å². The van der Waals surface area contributed by atoms with Crippen LogP contribution in [0.25, 0.3) is 11.1 Å². The molecule has 0 saturated carbocycles. The van der Waals surface area contributed by atoms with Crippen LogP contribution < -0.4 is 0 Å². The second kappa shape index (κ2) is 6.98. The maximum absolute atomic E-state index is 12.7. The molecule has 0 spiro atoms. The number of aromatic nitrogens is 4. The van der Waals surface area contributed by atoms with Crippen LogP contribution in [0.5, 0.6) is 0 Å². The van der Waals surface area contributed by atoms with E-state index in [4.69, 9.17) is 4.52 Å². The van der Waals surface area contributed by atoms with E-state index in [-0.39, 0.29) is 11.8 Å². The Labute approximate surface area is 158 Å². The van der Waals surface area contributed by atoms with Gasteiger partial charge in [-0.15, -0.1) is 0 Å². The van der Waals surface area contributed by atoms with E-state index in [1.54, 1.807) is 16.9 Å². The third-order valence-electron chi connectivity index (χ3n) is 5.17. The normalized spacial score (nSPS) is 17.3. The number of hydrogen-bond acceptors (Lipinski definition) is 5. The van der Waals surface area contributed by atoms with Gasteiger partial charge in [0.05, 0.1) is 5.69 Å². The molecule has 140 valence electrons. The van der Waals surface area contributed by atoms with Crippen molar-refractivity contribution in [2.24, 2.45) is 7.05 Å². The van der Waals surface area contributed by atoms with Crippen molar-refractivity contribution < 1.29 is 9.32 Å². The highest BCUT2D eigenvalue weighted by Gasteiger charge is 2.27. The number of hydrogen-bond donors (Lipinski definition) is 0. The maximum atomic E-state index is 12.7. The predicted octanol–water partition coefficient (Wildman–Crippen LogP) is 3.11. The molecule has 1 amide bonds. The summed E-state index contributed by atoms with van der Waals surface area (Å²) in [6.07, 6.45) is 5.67. The lowest BCUT2D eigenvalue weighted by molar-refractivity contribution is 0.0699. The summed E-state index contributed by atoms with van der Waals surface area (Å²) in [6, 6.07) is 5.89. The SMILES string of the molecule is Cc1noc(C)c1-c1ccc([C@@H]2CCCN(C(=O)c3ccn(C)n3)C2)nc1. The number of rotatable bonds is 3. The lowest BCUT2D eigenvalue weighted by Crippen LogP contribution is -2.39. The Hall–Kier alpha value is -2.96. The summed E-state index contributed by atoms with van der Waals surface area (Å²) in [5, 5.41) is 8.25. The fraction of sp³-hybridized carbons (Fsp3) is 0.400. The number of piperidine rings is 1. The summed E-state index contributed by atoms with van der Waals surface area (Å²) in [6.45, 7) is 5.28. The van der Waals surface area contributed by atoms with Crippen LogP contribution in [0.1, 0.15) is 46.4 Å². The van der Waals surface area contributed by atoms with Crippen LogP contribution in [-0.2, 0) is 7.05 Å². The molecule has 1 aliphatic heterocycles. The summed E-state index contributed by atoms with van der Waals surface area (Å²) in [7, 11) is 1.82. The molecular formula is C20H23N5O2. The van der Waals surface area contributed by atoms with E-state index in [1.807, 2.05) is 32.0 Å². The third-order valence-corrected chi connectivity index (χ3v) is 5.17. The average Bonchev–Trinajstić information content (AvgIpc) is 3.27. The summed E-state index contributed by atoms with van der Waals surface area (Å²) in [5.74, 6) is 1.03. The van der Waals surface area contributed by atoms with Crippen molar-refractivity contribution in [1.82, 2.24) is 24.8 Å². The highest BCUT2D eigenvalue weighted by Crippen LogP contribution is 2.30. The molecule has 0 N–H and O–H groups in total. The lowest BCUT2D eigenvalue weighted by atomic mass is 9.93. The van der Waals surface area contributed by atoms with Crippen molar-refractivity contribution in [3.63, 3.8) is 0 Å². The minimum Gasteiger partial charge on any atom is -0.361 e. The number of nitrogens with zero attached hydrogens (tertiary/aromatic N) is 5. The minimum atomic E-state index is -0.00681. The Kier molecular flexibility index (Phi) is 4.51. The molecule has 0 unspecified atom stereocenters. The summed E-state index contributed by atoms with van der Waals surface area (Å²) < 4.78 is 6.91. The molecule has 27 heavy (non-hydrogen) atoms. The lowest BCUT2D eigenvalue weighted by Gasteiger charge is -2.32. The van der Waals surface area contributed by atoms with Gasteiger partial charge < -0.3 is 9.42 Å². The zero-order valence-electron chi connectivity index (χ0n) is 15.8. The smallest absolute Gasteiger partial charge is 0.274 e. The third kappa shape index (κ3) is 3.37. The highest BCUT2D eigenvalue weighted by atomic mass is 16.5. The summed E-state index contributed by atoms with van der Waals surface area (Å²) in [5.41, 5.74) is 4.40. The van der Waals surface area contributed by atoms with E-state index >= 15 is 0 Å². The van der Waals surface area contributed by atoms with Gasteiger partial charge in [-0.1, -0.05) is 11.2 Å². The maximum Gasteiger partial charge on any atom is 0.274 e. The molecule has 1 aliphatic rings. The van der Waals surface area contributed by atoms with Gasteiger partial charge in [0, 0.05) is 55.3 Å². The van der Waals surface area contributed by atoms with Crippen LogP contribution >= 0.6 is 0 Å². The number of carbonyl (C=O) groups is 1. The highest BCUT2D eigenvalue weighted by molar-refractivity contribution is 5.92. The van der Waals surface area contributed by atoms with Crippen molar-refractivity contribution in [1.29, 1.82) is 0 Å². The molecule has 0 radical (unpaired) electrons. The fourth-order valence-electron chi connectivity index (χ4n) is 3.78. The van der Waals surface area contributed by atoms with Gasteiger partial charge in [0.25, 0.3) is 5.91 Å². The Balaban J connectivity index is 1.51. The Morgan fingerprint density at radius 3 is 2.74 bits per heavy atom. The molecular weight excluding hydrogens is 342 g/mol. The van der Waals surface area contributed by atoms with Gasteiger partial charge in [-0.05, 0) is 38.8 Å². The molecule has 7 heteroatoms. The van der Waals surface area contributed by atoms with Crippen LogP contribution in [0.15, 0.2) is 35.1 Å². The van der Waals surface area contributed by atoms with Gasteiger partial charge in [0.2, 0.25) is 0 Å². The number of carbonyl (C=O) groups excluding carboxylic acids is 1. The van der Waals surface area contributed by atoms with Gasteiger partial charge in [-0.25, -0.2) is 0 Å². The molecule has 1 fully saturated rings. The Bertz CT molecular complexity index is 938. The van der Waals surface area contributed by atoms with Crippen LogP contribution in [0.3, 0.4) is 0 Å². The first kappa shape index (κ1) is 17.5. The van der Waals surface area contributed by atoms with Crippen molar-refractivity contribution in [3.05, 3.63) is 53.4 Å². The molecule has 3 aromatic rings. The van der Waals surface area contributed by atoms with Crippen molar-refractivity contribution in [2.75, 3.05) is 13.1 Å². The van der Waals surface area contributed by atoms with Gasteiger partial charge in [0.1, 0.15) is 11.5 Å². The zero-order chi connectivity index (χ0) is 19.0. The largest absolute Gasteiger partial charge is 0.361 e. The zero-order valence-corrected chi connectivity index (χ0v) is 15.8. The first-order chi connectivity index (χ1) is 13.0. The first-order valence-corrected chi connectivity index (χ1v) is 9.21. The molecule has 0 aromatic carbocycles. The number of amides is 1. The second-order valence-corrected chi connectivity index (χ2v) is 7.14. The van der Waals surface area contributed by atoms with Crippen molar-refractivity contribution in [2.45, 2.75) is 32.6 Å². The molecule has 1 atom stereocenters. The van der Waals surface area contributed by atoms with Crippen LogP contribution in [0.4, 0.5) is 0 Å². The average molecular weight is 365 g/mol. The topological polar surface area (TPSA) is 77.0 Å². The molecule has 0 bridgehead atoms. The van der Waals surface area contributed by atoms with Crippen LogP contribution in [0, 0.1) is 13.8 Å². The first-order valence-electron chi connectivity index (χ1n) is 9.21. The predicted molar refractivity (Wildman–Crippen MR) is 100 cm³/mol. The van der Waals surface area contributed by atoms with Gasteiger partial charge in [-0.2, -0.15) is 5.10 Å². The minimum absolute atomic E-state index is 0.00681. The monoisotopic (exact) mass is 365 g/mol.